The first kappa shape index (κ1) is 14.1. The molecule has 1 saturated carbocycles. The highest BCUT2D eigenvalue weighted by Crippen LogP contribution is 2.48. The summed E-state index contributed by atoms with van der Waals surface area (Å²) in [5.74, 6) is -0.409. The van der Waals surface area contributed by atoms with Crippen LogP contribution in [0.1, 0.15) is 57.1 Å². The Bertz CT molecular complexity index is 450. The molecular formula is C17H24O3. The minimum Gasteiger partial charge on any atom is -0.385 e. The Morgan fingerprint density at radius 2 is 1.70 bits per heavy atom. The van der Waals surface area contributed by atoms with E-state index in [9.17, 15) is 5.11 Å². The lowest BCUT2D eigenvalue weighted by molar-refractivity contribution is -0.457. The molecule has 1 N–H and O–H groups in total. The molecule has 2 fully saturated rings. The average Bonchev–Trinajstić information content (AvgIpc) is 2.42. The van der Waals surface area contributed by atoms with Crippen LogP contribution < -0.4 is 0 Å². The molecule has 1 saturated heterocycles. The van der Waals surface area contributed by atoms with Gasteiger partial charge in [-0.25, -0.2) is 0 Å². The maximum absolute atomic E-state index is 10.9. The van der Waals surface area contributed by atoms with Gasteiger partial charge in [0, 0.05) is 12.8 Å². The summed E-state index contributed by atoms with van der Waals surface area (Å²) in [7, 11) is 0. The molecule has 20 heavy (non-hydrogen) atoms. The molecular weight excluding hydrogens is 252 g/mol. The zero-order chi connectivity index (χ0) is 14.2. The zero-order valence-electron chi connectivity index (χ0n) is 12.4. The van der Waals surface area contributed by atoms with E-state index in [1.54, 1.807) is 0 Å². The number of ether oxygens (including phenoxy) is 2. The van der Waals surface area contributed by atoms with E-state index in [2.05, 4.69) is 31.2 Å². The summed E-state index contributed by atoms with van der Waals surface area (Å²) in [6.45, 7) is 4.10. The standard InChI is InChI=1S/C17H24O3/c1-3-4-14-5-7-15(8-6-14)16(18)9-11-17(12-10-16)19-13(2)20-17/h5-8,13,18H,3-4,9-12H2,1-2H3. The van der Waals surface area contributed by atoms with Crippen molar-refractivity contribution < 1.29 is 14.6 Å². The monoisotopic (exact) mass is 276 g/mol. The largest absolute Gasteiger partial charge is 0.385 e. The van der Waals surface area contributed by atoms with Crippen LogP contribution in [0.25, 0.3) is 0 Å². The number of hydrogen-bond acceptors (Lipinski definition) is 3. The van der Waals surface area contributed by atoms with Crippen molar-refractivity contribution in [3.05, 3.63) is 35.4 Å². The molecule has 3 rings (SSSR count). The fourth-order valence-electron chi connectivity index (χ4n) is 3.45. The molecule has 1 aliphatic carbocycles. The fourth-order valence-corrected chi connectivity index (χ4v) is 3.45. The van der Waals surface area contributed by atoms with Gasteiger partial charge in [-0.15, -0.1) is 0 Å². The third-order valence-corrected chi connectivity index (χ3v) is 4.63. The van der Waals surface area contributed by atoms with E-state index < -0.39 is 11.4 Å². The minimum atomic E-state index is -0.721. The molecule has 1 aliphatic heterocycles. The smallest absolute Gasteiger partial charge is 0.174 e. The summed E-state index contributed by atoms with van der Waals surface area (Å²) in [6.07, 6.45) is 5.10. The van der Waals surface area contributed by atoms with Crippen LogP contribution in [0, 0.1) is 0 Å². The summed E-state index contributed by atoms with van der Waals surface area (Å²) in [4.78, 5) is 0. The topological polar surface area (TPSA) is 38.7 Å². The van der Waals surface area contributed by atoms with Crippen LogP contribution >= 0.6 is 0 Å². The first-order valence-electron chi connectivity index (χ1n) is 7.73. The minimum absolute atomic E-state index is 0.0884. The van der Waals surface area contributed by atoms with Gasteiger partial charge in [0.2, 0.25) is 0 Å². The van der Waals surface area contributed by atoms with Gasteiger partial charge in [-0.3, -0.25) is 0 Å². The molecule has 1 aromatic carbocycles. The Kier molecular flexibility index (Phi) is 3.61. The van der Waals surface area contributed by atoms with Gasteiger partial charge in [0.05, 0.1) is 5.60 Å². The molecule has 110 valence electrons. The second kappa shape index (κ2) is 5.14. The molecule has 1 heterocycles. The molecule has 0 atom stereocenters. The normalized spacial score (nSPS) is 36.9. The summed E-state index contributed by atoms with van der Waals surface area (Å²) >= 11 is 0. The van der Waals surface area contributed by atoms with E-state index in [1.807, 2.05) is 6.92 Å². The summed E-state index contributed by atoms with van der Waals surface area (Å²) < 4.78 is 11.4. The van der Waals surface area contributed by atoms with Gasteiger partial charge in [-0.1, -0.05) is 37.6 Å². The zero-order valence-corrected chi connectivity index (χ0v) is 12.4. The highest BCUT2D eigenvalue weighted by molar-refractivity contribution is 5.28. The number of aryl methyl sites for hydroxylation is 1. The maximum atomic E-state index is 10.9. The number of benzene rings is 1. The summed E-state index contributed by atoms with van der Waals surface area (Å²) in [6, 6.07) is 8.43. The van der Waals surface area contributed by atoms with Crippen molar-refractivity contribution in [2.24, 2.45) is 0 Å². The molecule has 3 heteroatoms. The van der Waals surface area contributed by atoms with Crippen LogP contribution in [0.4, 0.5) is 0 Å². The summed E-state index contributed by atoms with van der Waals surface area (Å²) in [5.41, 5.74) is 1.65. The Labute approximate surface area is 120 Å². The van der Waals surface area contributed by atoms with Crippen molar-refractivity contribution in [3.8, 4) is 0 Å². The van der Waals surface area contributed by atoms with Gasteiger partial charge in [0.15, 0.2) is 12.1 Å². The SMILES string of the molecule is CCCc1ccc(C2(O)CCC3(CC2)OC(C)O3)cc1. The third kappa shape index (κ3) is 2.50. The summed E-state index contributed by atoms with van der Waals surface area (Å²) in [5, 5.41) is 10.9. The van der Waals surface area contributed by atoms with Crippen molar-refractivity contribution in [2.75, 3.05) is 0 Å². The van der Waals surface area contributed by atoms with Gasteiger partial charge >= 0.3 is 0 Å². The van der Waals surface area contributed by atoms with E-state index in [0.29, 0.717) is 12.8 Å². The lowest BCUT2D eigenvalue weighted by Gasteiger charge is -2.51. The molecule has 1 aromatic rings. The molecule has 2 aliphatic rings. The van der Waals surface area contributed by atoms with Crippen molar-refractivity contribution in [3.63, 3.8) is 0 Å². The number of aliphatic hydroxyl groups is 1. The van der Waals surface area contributed by atoms with E-state index in [1.165, 1.54) is 5.56 Å². The lowest BCUT2D eigenvalue weighted by atomic mass is 9.76. The molecule has 0 radical (unpaired) electrons. The Morgan fingerprint density at radius 1 is 1.10 bits per heavy atom. The van der Waals surface area contributed by atoms with Crippen molar-refractivity contribution in [2.45, 2.75) is 70.1 Å². The second-order valence-electron chi connectivity index (χ2n) is 6.19. The van der Waals surface area contributed by atoms with Crippen molar-refractivity contribution >= 4 is 0 Å². The predicted molar refractivity (Wildman–Crippen MR) is 77.2 cm³/mol. The third-order valence-electron chi connectivity index (χ3n) is 4.63. The number of rotatable bonds is 3. The Hall–Kier alpha value is -0.900. The first-order chi connectivity index (χ1) is 9.55. The fraction of sp³-hybridized carbons (Fsp3) is 0.647. The van der Waals surface area contributed by atoms with E-state index in [0.717, 1.165) is 31.2 Å². The molecule has 0 bridgehead atoms. The lowest BCUT2D eigenvalue weighted by Crippen LogP contribution is -2.56. The van der Waals surface area contributed by atoms with Gasteiger partial charge < -0.3 is 14.6 Å². The average molecular weight is 276 g/mol. The van der Waals surface area contributed by atoms with Crippen LogP contribution in [-0.4, -0.2) is 17.2 Å². The van der Waals surface area contributed by atoms with E-state index in [-0.39, 0.29) is 6.29 Å². The first-order valence-corrected chi connectivity index (χ1v) is 7.73. The predicted octanol–water partition coefficient (Wildman–Crippen LogP) is 3.49. The second-order valence-corrected chi connectivity index (χ2v) is 6.19. The van der Waals surface area contributed by atoms with Gasteiger partial charge in [0.1, 0.15) is 0 Å². The van der Waals surface area contributed by atoms with E-state index in [4.69, 9.17) is 9.47 Å². The molecule has 0 aromatic heterocycles. The Balaban J connectivity index is 1.67. The highest BCUT2D eigenvalue weighted by Gasteiger charge is 2.50. The van der Waals surface area contributed by atoms with Crippen LogP contribution in [0.5, 0.6) is 0 Å². The van der Waals surface area contributed by atoms with Gasteiger partial charge in [-0.2, -0.15) is 0 Å². The van der Waals surface area contributed by atoms with E-state index >= 15 is 0 Å². The maximum Gasteiger partial charge on any atom is 0.174 e. The van der Waals surface area contributed by atoms with Crippen molar-refractivity contribution in [1.82, 2.24) is 0 Å². The van der Waals surface area contributed by atoms with Crippen molar-refractivity contribution in [1.29, 1.82) is 0 Å². The van der Waals surface area contributed by atoms with Gasteiger partial charge in [-0.05, 0) is 37.3 Å². The molecule has 3 nitrogen and oxygen atoms in total. The Morgan fingerprint density at radius 3 is 2.20 bits per heavy atom. The number of hydrogen-bond donors (Lipinski definition) is 1. The molecule has 0 amide bonds. The van der Waals surface area contributed by atoms with Crippen LogP contribution in [0.15, 0.2) is 24.3 Å². The van der Waals surface area contributed by atoms with Crippen LogP contribution in [0.3, 0.4) is 0 Å². The van der Waals surface area contributed by atoms with Crippen LogP contribution in [-0.2, 0) is 21.5 Å². The molecule has 1 spiro atoms. The van der Waals surface area contributed by atoms with Crippen LogP contribution in [0.2, 0.25) is 0 Å². The van der Waals surface area contributed by atoms with Gasteiger partial charge in [0.25, 0.3) is 0 Å². The highest BCUT2D eigenvalue weighted by atomic mass is 16.9. The quantitative estimate of drug-likeness (QED) is 0.918. The molecule has 0 unspecified atom stereocenters.